The molecule has 0 saturated carbocycles. The zero-order valence-corrected chi connectivity index (χ0v) is 14.3. The molecular weight excluding hydrogens is 354 g/mol. The summed E-state index contributed by atoms with van der Waals surface area (Å²) in [6, 6.07) is 7.19. The first-order valence-corrected chi connectivity index (χ1v) is 8.68. The van der Waals surface area contributed by atoms with Crippen molar-refractivity contribution in [3.05, 3.63) is 54.2 Å². The van der Waals surface area contributed by atoms with Crippen LogP contribution in [0.25, 0.3) is 22.8 Å². The van der Waals surface area contributed by atoms with Gasteiger partial charge in [0, 0.05) is 36.2 Å². The third kappa shape index (κ3) is 3.67. The molecule has 0 radical (unpaired) electrons. The van der Waals surface area contributed by atoms with Gasteiger partial charge in [0.1, 0.15) is 5.69 Å². The molecule has 8 nitrogen and oxygen atoms in total. The van der Waals surface area contributed by atoms with Crippen molar-refractivity contribution in [2.75, 3.05) is 5.32 Å². The fourth-order valence-electron chi connectivity index (χ4n) is 2.25. The molecule has 1 amide bonds. The molecule has 0 aliphatic carbocycles. The Balaban J connectivity index is 1.32. The first-order chi connectivity index (χ1) is 12.8. The molecule has 0 aromatic carbocycles. The molecule has 0 aliphatic heterocycles. The Bertz CT molecular complexity index is 995. The number of nitrogens with zero attached hydrogens (tertiary/aromatic N) is 4. The Labute approximate surface area is 151 Å². The van der Waals surface area contributed by atoms with Gasteiger partial charge in [-0.15, -0.1) is 11.3 Å². The third-order valence-corrected chi connectivity index (χ3v) is 4.25. The minimum atomic E-state index is -0.172. The minimum Gasteiger partial charge on any atom is -0.463 e. The number of carbonyl (C=O) groups excluding carboxylic acids is 1. The van der Waals surface area contributed by atoms with E-state index in [1.165, 1.54) is 11.3 Å². The van der Waals surface area contributed by atoms with Gasteiger partial charge < -0.3 is 14.3 Å². The molecular formula is C17H13N5O3S. The molecule has 0 atom stereocenters. The Hall–Kier alpha value is -3.33. The topological polar surface area (TPSA) is 107 Å². The molecule has 4 rings (SSSR count). The number of furan rings is 1. The largest absolute Gasteiger partial charge is 0.463 e. The average Bonchev–Trinajstić information content (AvgIpc) is 3.41. The van der Waals surface area contributed by atoms with E-state index >= 15 is 0 Å². The smallest absolute Gasteiger partial charge is 0.227 e. The lowest BCUT2D eigenvalue weighted by molar-refractivity contribution is -0.116. The van der Waals surface area contributed by atoms with E-state index in [4.69, 9.17) is 8.94 Å². The summed E-state index contributed by atoms with van der Waals surface area (Å²) in [4.78, 5) is 24.7. The molecule has 4 aromatic heterocycles. The molecule has 0 aliphatic rings. The lowest BCUT2D eigenvalue weighted by Crippen LogP contribution is -2.12. The van der Waals surface area contributed by atoms with Crippen molar-refractivity contribution < 1.29 is 13.7 Å². The van der Waals surface area contributed by atoms with Gasteiger partial charge >= 0.3 is 0 Å². The lowest BCUT2D eigenvalue weighted by atomic mass is 10.2. The maximum absolute atomic E-state index is 12.1. The fraction of sp³-hybridized carbons (Fsp3) is 0.118. The van der Waals surface area contributed by atoms with Crippen LogP contribution in [0, 0.1) is 0 Å². The van der Waals surface area contributed by atoms with Crippen LogP contribution >= 0.6 is 11.3 Å². The summed E-state index contributed by atoms with van der Waals surface area (Å²) in [5.41, 5.74) is 1.50. The molecule has 4 aromatic rings. The van der Waals surface area contributed by atoms with E-state index in [1.54, 1.807) is 36.9 Å². The normalized spacial score (nSPS) is 10.8. The first kappa shape index (κ1) is 16.2. The van der Waals surface area contributed by atoms with E-state index in [0.29, 0.717) is 34.7 Å². The molecule has 130 valence electrons. The predicted molar refractivity (Wildman–Crippen MR) is 94.3 cm³/mol. The molecule has 4 heterocycles. The monoisotopic (exact) mass is 367 g/mol. The van der Waals surface area contributed by atoms with Gasteiger partial charge in [-0.05, 0) is 24.3 Å². The van der Waals surface area contributed by atoms with Gasteiger partial charge in [-0.1, -0.05) is 5.16 Å². The predicted octanol–water partition coefficient (Wildman–Crippen LogP) is 3.42. The Morgan fingerprint density at radius 3 is 2.88 bits per heavy atom. The van der Waals surface area contributed by atoms with Crippen LogP contribution in [0.15, 0.2) is 57.2 Å². The summed E-state index contributed by atoms with van der Waals surface area (Å²) < 4.78 is 10.5. The Morgan fingerprint density at radius 2 is 2.08 bits per heavy atom. The standard InChI is InChI=1S/C17H13N5O3S/c23-14(20-17-19-12(10-26-17)13-2-1-9-24-13)3-4-15-21-16(22-25-15)11-5-7-18-8-6-11/h1-2,5-10H,3-4H2,(H,19,20,23). The number of carbonyl (C=O) groups is 1. The fourth-order valence-corrected chi connectivity index (χ4v) is 2.96. The SMILES string of the molecule is O=C(CCc1nc(-c2ccncc2)no1)Nc1nc(-c2ccco2)cs1. The van der Waals surface area contributed by atoms with Crippen LogP contribution in [0.2, 0.25) is 0 Å². The maximum atomic E-state index is 12.1. The number of aromatic nitrogens is 4. The maximum Gasteiger partial charge on any atom is 0.227 e. The summed E-state index contributed by atoms with van der Waals surface area (Å²) in [7, 11) is 0. The van der Waals surface area contributed by atoms with Crippen LogP contribution in [0.1, 0.15) is 12.3 Å². The quantitative estimate of drug-likeness (QED) is 0.556. The first-order valence-electron chi connectivity index (χ1n) is 7.80. The van der Waals surface area contributed by atoms with Crippen LogP contribution in [0.4, 0.5) is 5.13 Å². The number of rotatable bonds is 6. The third-order valence-electron chi connectivity index (χ3n) is 3.50. The second kappa shape index (κ2) is 7.28. The summed E-state index contributed by atoms with van der Waals surface area (Å²) in [5, 5.41) is 9.02. The number of aryl methyl sites for hydroxylation is 1. The van der Waals surface area contributed by atoms with Gasteiger partial charge in [0.15, 0.2) is 10.9 Å². The van der Waals surface area contributed by atoms with Gasteiger partial charge in [-0.2, -0.15) is 4.98 Å². The highest BCUT2D eigenvalue weighted by Gasteiger charge is 2.13. The summed E-state index contributed by atoms with van der Waals surface area (Å²) in [5.74, 6) is 1.37. The van der Waals surface area contributed by atoms with E-state index in [-0.39, 0.29) is 12.3 Å². The van der Waals surface area contributed by atoms with Crippen LogP contribution in [0.3, 0.4) is 0 Å². The zero-order valence-electron chi connectivity index (χ0n) is 13.5. The Morgan fingerprint density at radius 1 is 1.19 bits per heavy atom. The molecule has 0 bridgehead atoms. The molecule has 0 unspecified atom stereocenters. The molecule has 26 heavy (non-hydrogen) atoms. The van der Waals surface area contributed by atoms with Crippen molar-refractivity contribution in [1.82, 2.24) is 20.1 Å². The highest BCUT2D eigenvalue weighted by molar-refractivity contribution is 7.14. The van der Waals surface area contributed by atoms with Crippen molar-refractivity contribution in [1.29, 1.82) is 0 Å². The number of pyridine rings is 1. The molecule has 0 saturated heterocycles. The summed E-state index contributed by atoms with van der Waals surface area (Å²) in [6.45, 7) is 0. The molecule has 1 N–H and O–H groups in total. The number of amides is 1. The van der Waals surface area contributed by atoms with Gasteiger partial charge in [-0.3, -0.25) is 9.78 Å². The van der Waals surface area contributed by atoms with Crippen LogP contribution in [-0.2, 0) is 11.2 Å². The van der Waals surface area contributed by atoms with E-state index in [1.807, 2.05) is 11.4 Å². The van der Waals surface area contributed by atoms with Gasteiger partial charge in [0.05, 0.1) is 6.26 Å². The van der Waals surface area contributed by atoms with Crippen molar-refractivity contribution in [3.8, 4) is 22.8 Å². The van der Waals surface area contributed by atoms with Crippen LogP contribution in [-0.4, -0.2) is 26.0 Å². The molecule has 0 spiro atoms. The number of hydrogen-bond donors (Lipinski definition) is 1. The Kier molecular flexibility index (Phi) is 4.52. The average molecular weight is 367 g/mol. The summed E-state index contributed by atoms with van der Waals surface area (Å²) in [6.07, 6.45) is 5.46. The molecule has 0 fully saturated rings. The van der Waals surface area contributed by atoms with Gasteiger partial charge in [-0.25, -0.2) is 4.98 Å². The van der Waals surface area contributed by atoms with Crippen molar-refractivity contribution in [3.63, 3.8) is 0 Å². The van der Waals surface area contributed by atoms with E-state index in [9.17, 15) is 4.79 Å². The number of anilines is 1. The van der Waals surface area contributed by atoms with E-state index in [2.05, 4.69) is 25.4 Å². The van der Waals surface area contributed by atoms with Crippen LogP contribution < -0.4 is 5.32 Å². The van der Waals surface area contributed by atoms with Gasteiger partial charge in [0.2, 0.25) is 17.6 Å². The number of hydrogen-bond acceptors (Lipinski definition) is 8. The second-order valence-corrected chi connectivity index (χ2v) is 6.17. The molecule has 9 heteroatoms. The van der Waals surface area contributed by atoms with E-state index < -0.39 is 0 Å². The number of thiazole rings is 1. The highest BCUT2D eigenvalue weighted by atomic mass is 32.1. The van der Waals surface area contributed by atoms with Crippen molar-refractivity contribution >= 4 is 22.4 Å². The summed E-state index contributed by atoms with van der Waals surface area (Å²) >= 11 is 1.34. The van der Waals surface area contributed by atoms with E-state index in [0.717, 1.165) is 5.56 Å². The lowest BCUT2D eigenvalue weighted by Gasteiger charge is -1.99. The van der Waals surface area contributed by atoms with Gasteiger partial charge in [0.25, 0.3) is 0 Å². The van der Waals surface area contributed by atoms with Crippen molar-refractivity contribution in [2.24, 2.45) is 0 Å². The van der Waals surface area contributed by atoms with Crippen LogP contribution in [0.5, 0.6) is 0 Å². The zero-order chi connectivity index (χ0) is 17.8. The van der Waals surface area contributed by atoms with Crippen molar-refractivity contribution in [2.45, 2.75) is 12.8 Å². The number of nitrogens with one attached hydrogen (secondary N) is 1. The highest BCUT2D eigenvalue weighted by Crippen LogP contribution is 2.25. The minimum absolute atomic E-state index is 0.172. The second-order valence-electron chi connectivity index (χ2n) is 5.31.